The first-order valence-electron chi connectivity index (χ1n) is 3.35. The van der Waals surface area contributed by atoms with Gasteiger partial charge in [-0.1, -0.05) is 13.8 Å². The van der Waals surface area contributed by atoms with Crippen LogP contribution in [0.1, 0.15) is 31.2 Å². The smallest absolute Gasteiger partial charge is 0.117 e. The molecular formula is C7H10BrNS. The molecule has 0 saturated carbocycles. The molecule has 0 aliphatic rings. The summed E-state index contributed by atoms with van der Waals surface area (Å²) < 4.78 is 0.966. The lowest BCUT2D eigenvalue weighted by Crippen LogP contribution is -1.88. The van der Waals surface area contributed by atoms with Crippen molar-refractivity contribution in [3.8, 4) is 0 Å². The quantitative estimate of drug-likeness (QED) is 0.744. The van der Waals surface area contributed by atoms with Gasteiger partial charge in [-0.25, -0.2) is 4.98 Å². The Hall–Kier alpha value is 0.110. The van der Waals surface area contributed by atoms with Crippen LogP contribution in [0.4, 0.5) is 0 Å². The predicted molar refractivity (Wildman–Crippen MR) is 48.5 cm³/mol. The summed E-state index contributed by atoms with van der Waals surface area (Å²) in [5, 5.41) is 3.26. The Kier molecular flexibility index (Phi) is 2.86. The van der Waals surface area contributed by atoms with Gasteiger partial charge >= 0.3 is 0 Å². The first-order valence-corrected chi connectivity index (χ1v) is 5.02. The normalized spacial score (nSPS) is 13.5. The van der Waals surface area contributed by atoms with Gasteiger partial charge in [-0.3, -0.25) is 0 Å². The highest BCUT2D eigenvalue weighted by Gasteiger charge is 2.05. The third kappa shape index (κ3) is 1.80. The number of hydrogen-bond donors (Lipinski definition) is 0. The second-order valence-electron chi connectivity index (χ2n) is 2.32. The van der Waals surface area contributed by atoms with E-state index < -0.39 is 0 Å². The summed E-state index contributed by atoms with van der Waals surface area (Å²) >= 11 is 5.05. The zero-order valence-electron chi connectivity index (χ0n) is 6.10. The van der Waals surface area contributed by atoms with Crippen molar-refractivity contribution < 1.29 is 0 Å². The van der Waals surface area contributed by atoms with Crippen molar-refractivity contribution in [1.82, 2.24) is 4.98 Å². The number of nitrogens with zero attached hydrogens (tertiary/aromatic N) is 1. The molecule has 1 aromatic rings. The van der Waals surface area contributed by atoms with E-state index in [0.29, 0.717) is 5.92 Å². The van der Waals surface area contributed by atoms with E-state index in [9.17, 15) is 0 Å². The first kappa shape index (κ1) is 8.21. The highest BCUT2D eigenvalue weighted by Crippen LogP contribution is 2.24. The summed E-state index contributed by atoms with van der Waals surface area (Å²) in [6, 6.07) is 0. The highest BCUT2D eigenvalue weighted by molar-refractivity contribution is 9.10. The van der Waals surface area contributed by atoms with E-state index in [0.717, 1.165) is 4.60 Å². The summed E-state index contributed by atoms with van der Waals surface area (Å²) in [6.45, 7) is 4.38. The van der Waals surface area contributed by atoms with Gasteiger partial charge in [-0.15, -0.1) is 11.3 Å². The Morgan fingerprint density at radius 3 is 2.90 bits per heavy atom. The zero-order chi connectivity index (χ0) is 7.56. The van der Waals surface area contributed by atoms with E-state index in [1.807, 2.05) is 5.38 Å². The first-order chi connectivity index (χ1) is 4.74. The van der Waals surface area contributed by atoms with Crippen molar-refractivity contribution in [2.24, 2.45) is 0 Å². The average Bonchev–Trinajstić information content (AvgIpc) is 2.34. The molecule has 0 aromatic carbocycles. The summed E-state index contributed by atoms with van der Waals surface area (Å²) in [4.78, 5) is 4.32. The summed E-state index contributed by atoms with van der Waals surface area (Å²) in [5.74, 6) is 0.608. The molecule has 0 amide bonds. The molecule has 3 heteroatoms. The molecule has 56 valence electrons. The van der Waals surface area contributed by atoms with Crippen LogP contribution in [0.25, 0.3) is 0 Å². The van der Waals surface area contributed by atoms with Gasteiger partial charge in [0.05, 0.1) is 5.01 Å². The number of thiazole rings is 1. The summed E-state index contributed by atoms with van der Waals surface area (Å²) in [5.41, 5.74) is 0. The van der Waals surface area contributed by atoms with Gasteiger partial charge in [0, 0.05) is 11.3 Å². The van der Waals surface area contributed by atoms with Crippen LogP contribution in [0.15, 0.2) is 9.98 Å². The van der Waals surface area contributed by atoms with Gasteiger partial charge in [-0.05, 0) is 22.4 Å². The van der Waals surface area contributed by atoms with Crippen LogP contribution < -0.4 is 0 Å². The van der Waals surface area contributed by atoms with E-state index in [4.69, 9.17) is 0 Å². The maximum Gasteiger partial charge on any atom is 0.117 e. The number of hydrogen-bond acceptors (Lipinski definition) is 2. The Morgan fingerprint density at radius 2 is 2.50 bits per heavy atom. The summed E-state index contributed by atoms with van der Waals surface area (Å²) in [7, 11) is 0. The van der Waals surface area contributed by atoms with Crippen LogP contribution in [0.2, 0.25) is 0 Å². The number of halogens is 1. The predicted octanol–water partition coefficient (Wildman–Crippen LogP) is 3.42. The standard InChI is InChI=1S/C7H10BrNS/c1-3-5(2)7-9-6(8)4-10-7/h4-5H,3H2,1-2H3/t5-/m0/s1. The zero-order valence-corrected chi connectivity index (χ0v) is 8.50. The molecule has 0 fully saturated rings. The molecule has 1 nitrogen and oxygen atoms in total. The largest absolute Gasteiger partial charge is 0.234 e. The third-order valence-corrected chi connectivity index (χ3v) is 3.31. The SMILES string of the molecule is CC[C@H](C)c1nc(Br)cs1. The molecule has 1 heterocycles. The van der Waals surface area contributed by atoms with Crippen molar-refractivity contribution in [3.05, 3.63) is 15.0 Å². The minimum absolute atomic E-state index is 0.608. The highest BCUT2D eigenvalue weighted by atomic mass is 79.9. The third-order valence-electron chi connectivity index (χ3n) is 1.53. The minimum atomic E-state index is 0.608. The fourth-order valence-electron chi connectivity index (χ4n) is 0.668. The monoisotopic (exact) mass is 219 g/mol. The Balaban J connectivity index is 2.74. The molecule has 0 spiro atoms. The fourth-order valence-corrected chi connectivity index (χ4v) is 2.08. The number of aromatic nitrogens is 1. The molecular weight excluding hydrogens is 210 g/mol. The summed E-state index contributed by atoms with van der Waals surface area (Å²) in [6.07, 6.45) is 1.17. The minimum Gasteiger partial charge on any atom is -0.234 e. The topological polar surface area (TPSA) is 12.9 Å². The molecule has 0 bridgehead atoms. The van der Waals surface area contributed by atoms with Crippen molar-refractivity contribution >= 4 is 27.3 Å². The lowest BCUT2D eigenvalue weighted by Gasteiger charge is -2.00. The van der Waals surface area contributed by atoms with E-state index >= 15 is 0 Å². The Morgan fingerprint density at radius 1 is 1.80 bits per heavy atom. The van der Waals surface area contributed by atoms with Crippen LogP contribution in [0, 0.1) is 0 Å². The molecule has 1 atom stereocenters. The van der Waals surface area contributed by atoms with Crippen LogP contribution in [-0.2, 0) is 0 Å². The second kappa shape index (κ2) is 3.49. The van der Waals surface area contributed by atoms with Crippen molar-refractivity contribution in [2.45, 2.75) is 26.2 Å². The van der Waals surface area contributed by atoms with Gasteiger partial charge < -0.3 is 0 Å². The van der Waals surface area contributed by atoms with Gasteiger partial charge in [0.1, 0.15) is 4.60 Å². The average molecular weight is 220 g/mol. The van der Waals surface area contributed by atoms with Gasteiger partial charge in [0.2, 0.25) is 0 Å². The van der Waals surface area contributed by atoms with E-state index in [1.165, 1.54) is 11.4 Å². The van der Waals surface area contributed by atoms with E-state index in [2.05, 4.69) is 34.8 Å². The van der Waals surface area contributed by atoms with Crippen LogP contribution >= 0.6 is 27.3 Å². The maximum absolute atomic E-state index is 4.32. The van der Waals surface area contributed by atoms with Gasteiger partial charge in [0.15, 0.2) is 0 Å². The van der Waals surface area contributed by atoms with Crippen LogP contribution in [-0.4, -0.2) is 4.98 Å². The van der Waals surface area contributed by atoms with Crippen LogP contribution in [0.5, 0.6) is 0 Å². The van der Waals surface area contributed by atoms with Gasteiger partial charge in [-0.2, -0.15) is 0 Å². The molecule has 0 saturated heterocycles. The van der Waals surface area contributed by atoms with Crippen molar-refractivity contribution in [3.63, 3.8) is 0 Å². The molecule has 0 N–H and O–H groups in total. The molecule has 0 unspecified atom stereocenters. The van der Waals surface area contributed by atoms with Gasteiger partial charge in [0.25, 0.3) is 0 Å². The van der Waals surface area contributed by atoms with Crippen molar-refractivity contribution in [2.75, 3.05) is 0 Å². The molecule has 0 aliphatic heterocycles. The van der Waals surface area contributed by atoms with E-state index in [1.54, 1.807) is 11.3 Å². The lowest BCUT2D eigenvalue weighted by molar-refractivity contribution is 0.725. The maximum atomic E-state index is 4.32. The number of rotatable bonds is 2. The van der Waals surface area contributed by atoms with Crippen LogP contribution in [0.3, 0.4) is 0 Å². The molecule has 1 aromatic heterocycles. The Bertz CT molecular complexity index is 209. The lowest BCUT2D eigenvalue weighted by atomic mass is 10.1. The molecule has 10 heavy (non-hydrogen) atoms. The molecule has 0 aliphatic carbocycles. The Labute approximate surface area is 73.6 Å². The fraction of sp³-hybridized carbons (Fsp3) is 0.571. The molecule has 0 radical (unpaired) electrons. The second-order valence-corrected chi connectivity index (χ2v) is 4.02. The molecule has 1 rings (SSSR count). The van der Waals surface area contributed by atoms with E-state index in [-0.39, 0.29) is 0 Å². The van der Waals surface area contributed by atoms with Crippen molar-refractivity contribution in [1.29, 1.82) is 0 Å².